The van der Waals surface area contributed by atoms with Gasteiger partial charge in [0.25, 0.3) is 0 Å². The average molecular weight is 439 g/mol. The number of rotatable bonds is 4. The SMILES string of the molecule is Cl.Cl.O=C(NCC1CCN(c2ccc(Br)cc2)C1)[C@H]1CCCCN1. The van der Waals surface area contributed by atoms with Crippen LogP contribution in [0.3, 0.4) is 0 Å². The van der Waals surface area contributed by atoms with Crippen molar-refractivity contribution in [2.45, 2.75) is 31.7 Å². The van der Waals surface area contributed by atoms with Gasteiger partial charge in [-0.1, -0.05) is 22.4 Å². The van der Waals surface area contributed by atoms with Gasteiger partial charge in [0.05, 0.1) is 6.04 Å². The molecule has 2 atom stereocenters. The van der Waals surface area contributed by atoms with Crippen LogP contribution in [-0.4, -0.2) is 38.1 Å². The van der Waals surface area contributed by atoms with Crippen LogP contribution in [0.15, 0.2) is 28.7 Å². The van der Waals surface area contributed by atoms with Gasteiger partial charge >= 0.3 is 0 Å². The first-order valence-electron chi connectivity index (χ1n) is 8.24. The number of carbonyl (C=O) groups excluding carboxylic acids is 1. The summed E-state index contributed by atoms with van der Waals surface area (Å²) in [6.45, 7) is 3.87. The summed E-state index contributed by atoms with van der Waals surface area (Å²) in [7, 11) is 0. The van der Waals surface area contributed by atoms with E-state index >= 15 is 0 Å². The van der Waals surface area contributed by atoms with E-state index in [4.69, 9.17) is 0 Å². The molecule has 0 spiro atoms. The summed E-state index contributed by atoms with van der Waals surface area (Å²) in [6, 6.07) is 8.49. The lowest BCUT2D eigenvalue weighted by atomic mass is 10.0. The van der Waals surface area contributed by atoms with E-state index in [9.17, 15) is 4.79 Å². The number of carbonyl (C=O) groups is 1. The second kappa shape index (κ2) is 10.5. The van der Waals surface area contributed by atoms with Crippen LogP contribution in [0.4, 0.5) is 5.69 Å². The Bertz CT molecular complexity index is 509. The van der Waals surface area contributed by atoms with Crippen LogP contribution in [0.25, 0.3) is 0 Å². The minimum absolute atomic E-state index is 0. The zero-order valence-corrected chi connectivity index (χ0v) is 16.9. The van der Waals surface area contributed by atoms with Crippen molar-refractivity contribution in [2.24, 2.45) is 5.92 Å². The third-order valence-electron chi connectivity index (χ3n) is 4.67. The van der Waals surface area contributed by atoms with Crippen molar-refractivity contribution in [3.63, 3.8) is 0 Å². The number of halogens is 3. The maximum Gasteiger partial charge on any atom is 0.237 e. The van der Waals surface area contributed by atoms with Crippen LogP contribution >= 0.6 is 40.7 Å². The van der Waals surface area contributed by atoms with Crippen molar-refractivity contribution in [2.75, 3.05) is 31.1 Å². The highest BCUT2D eigenvalue weighted by molar-refractivity contribution is 9.10. The normalized spacial score (nSPS) is 23.1. The quantitative estimate of drug-likeness (QED) is 0.757. The predicted molar refractivity (Wildman–Crippen MR) is 108 cm³/mol. The van der Waals surface area contributed by atoms with Gasteiger partial charge < -0.3 is 15.5 Å². The van der Waals surface area contributed by atoms with Gasteiger partial charge in [-0.25, -0.2) is 0 Å². The molecule has 2 N–H and O–H groups in total. The number of benzene rings is 1. The average Bonchev–Trinajstić information content (AvgIpc) is 3.03. The van der Waals surface area contributed by atoms with Crippen molar-refractivity contribution in [3.8, 4) is 0 Å². The Morgan fingerprint density at radius 1 is 1.21 bits per heavy atom. The summed E-state index contributed by atoms with van der Waals surface area (Å²) in [6.07, 6.45) is 4.47. The Morgan fingerprint density at radius 2 is 1.96 bits per heavy atom. The van der Waals surface area contributed by atoms with Crippen LogP contribution in [0.5, 0.6) is 0 Å². The minimum atomic E-state index is 0. The lowest BCUT2D eigenvalue weighted by Crippen LogP contribution is -2.47. The van der Waals surface area contributed by atoms with E-state index in [0.717, 1.165) is 49.9 Å². The molecule has 4 nitrogen and oxygen atoms in total. The summed E-state index contributed by atoms with van der Waals surface area (Å²) in [4.78, 5) is 14.6. The molecule has 3 rings (SSSR count). The molecule has 2 fully saturated rings. The summed E-state index contributed by atoms with van der Waals surface area (Å²) in [5, 5.41) is 6.45. The van der Waals surface area contributed by atoms with E-state index in [1.807, 2.05) is 0 Å². The summed E-state index contributed by atoms with van der Waals surface area (Å²) in [5.74, 6) is 0.734. The molecule has 7 heteroatoms. The van der Waals surface area contributed by atoms with Gasteiger partial charge in [-0.15, -0.1) is 24.8 Å². The van der Waals surface area contributed by atoms with E-state index < -0.39 is 0 Å². The van der Waals surface area contributed by atoms with E-state index in [1.165, 1.54) is 12.1 Å². The largest absolute Gasteiger partial charge is 0.371 e. The molecule has 0 aromatic heterocycles. The summed E-state index contributed by atoms with van der Waals surface area (Å²) in [5.41, 5.74) is 1.27. The van der Waals surface area contributed by atoms with Crippen molar-refractivity contribution in [1.82, 2.24) is 10.6 Å². The van der Waals surface area contributed by atoms with Crippen LogP contribution < -0.4 is 15.5 Å². The van der Waals surface area contributed by atoms with Gasteiger partial charge in [0.15, 0.2) is 0 Å². The topological polar surface area (TPSA) is 44.4 Å². The zero-order valence-electron chi connectivity index (χ0n) is 13.7. The lowest BCUT2D eigenvalue weighted by Gasteiger charge is -2.23. The van der Waals surface area contributed by atoms with Gasteiger partial charge in [0.1, 0.15) is 0 Å². The van der Waals surface area contributed by atoms with Crippen molar-refractivity contribution >= 4 is 52.3 Å². The number of hydrogen-bond acceptors (Lipinski definition) is 3. The molecule has 24 heavy (non-hydrogen) atoms. The van der Waals surface area contributed by atoms with Crippen molar-refractivity contribution in [3.05, 3.63) is 28.7 Å². The molecule has 2 aliphatic heterocycles. The second-order valence-electron chi connectivity index (χ2n) is 6.32. The molecule has 136 valence electrons. The van der Waals surface area contributed by atoms with Crippen LogP contribution in [0, 0.1) is 5.92 Å². The molecular weight excluding hydrogens is 413 g/mol. The molecular formula is C17H26BrCl2N3O. The monoisotopic (exact) mass is 437 g/mol. The molecule has 2 saturated heterocycles. The molecule has 1 aromatic rings. The molecule has 1 amide bonds. The fraction of sp³-hybridized carbons (Fsp3) is 0.588. The Hall–Kier alpha value is -0.490. The van der Waals surface area contributed by atoms with Gasteiger partial charge in [0.2, 0.25) is 5.91 Å². The molecule has 0 aliphatic carbocycles. The summed E-state index contributed by atoms with van der Waals surface area (Å²) < 4.78 is 1.11. The van der Waals surface area contributed by atoms with E-state index in [-0.39, 0.29) is 36.8 Å². The van der Waals surface area contributed by atoms with Gasteiger partial charge in [-0.3, -0.25) is 4.79 Å². The third-order valence-corrected chi connectivity index (χ3v) is 5.20. The Balaban J connectivity index is 0.00000144. The van der Waals surface area contributed by atoms with E-state index in [1.54, 1.807) is 0 Å². The fourth-order valence-corrected chi connectivity index (χ4v) is 3.59. The Kier molecular flexibility index (Phi) is 9.42. The second-order valence-corrected chi connectivity index (χ2v) is 7.24. The maximum atomic E-state index is 12.2. The zero-order chi connectivity index (χ0) is 15.4. The summed E-state index contributed by atoms with van der Waals surface area (Å²) >= 11 is 3.47. The van der Waals surface area contributed by atoms with Crippen molar-refractivity contribution < 1.29 is 4.79 Å². The Morgan fingerprint density at radius 3 is 2.62 bits per heavy atom. The van der Waals surface area contributed by atoms with Crippen LogP contribution in [0.1, 0.15) is 25.7 Å². The highest BCUT2D eigenvalue weighted by Gasteiger charge is 2.25. The highest BCUT2D eigenvalue weighted by Crippen LogP contribution is 2.25. The standard InChI is InChI=1S/C17H24BrN3O.2ClH/c18-14-4-6-15(7-5-14)21-10-8-13(12-21)11-20-17(22)16-3-1-2-9-19-16;;/h4-7,13,16,19H,1-3,8-12H2,(H,20,22);2*1H/t13?,16-;;/m1../s1. The molecule has 1 aromatic carbocycles. The lowest BCUT2D eigenvalue weighted by molar-refractivity contribution is -0.123. The van der Waals surface area contributed by atoms with Crippen molar-refractivity contribution in [1.29, 1.82) is 0 Å². The van der Waals surface area contributed by atoms with Gasteiger partial charge in [-0.2, -0.15) is 0 Å². The number of nitrogens with zero attached hydrogens (tertiary/aromatic N) is 1. The number of piperidine rings is 1. The van der Waals surface area contributed by atoms with Gasteiger partial charge in [0, 0.05) is 29.8 Å². The Labute approximate surface area is 165 Å². The minimum Gasteiger partial charge on any atom is -0.371 e. The van der Waals surface area contributed by atoms with Crippen LogP contribution in [0.2, 0.25) is 0 Å². The molecule has 0 bridgehead atoms. The maximum absolute atomic E-state index is 12.2. The fourth-order valence-electron chi connectivity index (χ4n) is 3.33. The smallest absolute Gasteiger partial charge is 0.237 e. The van der Waals surface area contributed by atoms with E-state index in [0.29, 0.717) is 5.92 Å². The molecule has 2 aliphatic rings. The first kappa shape index (κ1) is 21.6. The predicted octanol–water partition coefficient (Wildman–Crippen LogP) is 3.38. The molecule has 1 unspecified atom stereocenters. The third kappa shape index (κ3) is 5.80. The van der Waals surface area contributed by atoms with E-state index in [2.05, 4.69) is 55.7 Å². The molecule has 0 saturated carbocycles. The molecule has 0 radical (unpaired) electrons. The van der Waals surface area contributed by atoms with Crippen LogP contribution in [-0.2, 0) is 4.79 Å². The van der Waals surface area contributed by atoms with Gasteiger partial charge in [-0.05, 0) is 56.0 Å². The number of nitrogens with one attached hydrogen (secondary N) is 2. The number of hydrogen-bond donors (Lipinski definition) is 2. The highest BCUT2D eigenvalue weighted by atomic mass is 79.9. The number of amides is 1. The first-order chi connectivity index (χ1) is 10.7. The number of anilines is 1. The molecule has 2 heterocycles. The first-order valence-corrected chi connectivity index (χ1v) is 9.03.